The van der Waals surface area contributed by atoms with Gasteiger partial charge in [-0.3, -0.25) is 0 Å². The third kappa shape index (κ3) is 6.79. The van der Waals surface area contributed by atoms with Gasteiger partial charge in [0.2, 0.25) is 5.95 Å². The second-order valence-corrected chi connectivity index (χ2v) is 8.76. The summed E-state index contributed by atoms with van der Waals surface area (Å²) in [5.41, 5.74) is 3.50. The van der Waals surface area contributed by atoms with E-state index in [0.717, 1.165) is 46.2 Å². The first-order chi connectivity index (χ1) is 13.8. The van der Waals surface area contributed by atoms with Crippen molar-refractivity contribution < 1.29 is 9.53 Å². The fourth-order valence-electron chi connectivity index (χ4n) is 3.44. The number of halogens is 2. The van der Waals surface area contributed by atoms with Crippen LogP contribution in [0.15, 0.2) is 15.0 Å². The summed E-state index contributed by atoms with van der Waals surface area (Å²) < 4.78 is 8.83. The van der Waals surface area contributed by atoms with Crippen molar-refractivity contribution in [2.24, 2.45) is 0 Å². The van der Waals surface area contributed by atoms with Gasteiger partial charge >= 0.3 is 0 Å². The molecule has 1 aromatic heterocycles. The zero-order valence-corrected chi connectivity index (χ0v) is 22.4. The largest absolute Gasteiger partial charge is 0.388 e. The average molecular weight is 535 g/mol. The van der Waals surface area contributed by atoms with Crippen molar-refractivity contribution >= 4 is 55.6 Å². The van der Waals surface area contributed by atoms with Gasteiger partial charge in [0.1, 0.15) is 6.79 Å². The first-order valence-corrected chi connectivity index (χ1v) is 11.7. The van der Waals surface area contributed by atoms with E-state index in [1.165, 1.54) is 11.1 Å². The number of hydrogen-bond donors (Lipinski definition) is 0. The maximum Gasteiger partial charge on any atom is 0.207 e. The molecule has 0 saturated carbocycles. The summed E-state index contributed by atoms with van der Waals surface area (Å²) >= 11 is 7.37. The molecule has 0 N–H and O–H groups in total. The van der Waals surface area contributed by atoms with Crippen LogP contribution in [-0.2, 0) is 9.53 Å². The van der Waals surface area contributed by atoms with Crippen LogP contribution < -0.4 is 4.90 Å². The Morgan fingerprint density at radius 3 is 2.10 bits per heavy atom. The Bertz CT molecular complexity index is 743. The number of carbonyl (C=O) groups is 1. The van der Waals surface area contributed by atoms with E-state index in [0.29, 0.717) is 12.1 Å². The maximum absolute atomic E-state index is 8.00. The van der Waals surface area contributed by atoms with E-state index in [2.05, 4.69) is 93.7 Å². The van der Waals surface area contributed by atoms with Crippen molar-refractivity contribution in [2.45, 2.75) is 72.9 Å². The first-order valence-electron chi connectivity index (χ1n) is 10.1. The number of methoxy groups -OCH3 is 1. The highest BCUT2D eigenvalue weighted by molar-refractivity contribution is 9.13. The highest BCUT2D eigenvalue weighted by atomic mass is 79.9. The number of benzene rings is 1. The average Bonchev–Trinajstić information content (AvgIpc) is 3.08. The monoisotopic (exact) mass is 533 g/mol. The van der Waals surface area contributed by atoms with Crippen LogP contribution in [0.25, 0.3) is 11.0 Å². The topological polar surface area (TPSA) is 47.4 Å². The van der Waals surface area contributed by atoms with Crippen molar-refractivity contribution in [2.75, 3.05) is 25.7 Å². The number of nitrogens with zero attached hydrogens (tertiary/aromatic N) is 3. The van der Waals surface area contributed by atoms with Crippen molar-refractivity contribution in [1.29, 1.82) is 0 Å². The molecule has 0 radical (unpaired) electrons. The van der Waals surface area contributed by atoms with Gasteiger partial charge in [0.15, 0.2) is 0 Å². The van der Waals surface area contributed by atoms with Crippen molar-refractivity contribution in [3.05, 3.63) is 20.6 Å². The Hall–Kier alpha value is -0.920. The fourth-order valence-corrected chi connectivity index (χ4v) is 4.26. The fraction of sp³-hybridized carbons (Fsp3) is 0.636. The van der Waals surface area contributed by atoms with Crippen molar-refractivity contribution in [1.82, 2.24) is 9.55 Å². The second-order valence-electron chi connectivity index (χ2n) is 7.11. The summed E-state index contributed by atoms with van der Waals surface area (Å²) in [5, 5.41) is 0. The van der Waals surface area contributed by atoms with E-state index in [1.54, 1.807) is 14.2 Å². The predicted molar refractivity (Wildman–Crippen MR) is 132 cm³/mol. The van der Waals surface area contributed by atoms with Gasteiger partial charge in [0.05, 0.1) is 11.0 Å². The molecule has 0 aliphatic carbocycles. The number of fused-ring (bicyclic) bond motifs is 1. The number of hydrogen-bond acceptors (Lipinski definition) is 4. The standard InChI is InChI=1S/C19H29Br2N3.C2H6O.CH2O/c1-7-10-23(14(8-2)9-3)19-22-18-13(6)17(21)15(20)11-16(18)24(19)12(4)5;1-3-2;1-2/h11-12,14H,7-10H2,1-6H3;1-2H3;1H2. The van der Waals surface area contributed by atoms with Crippen LogP contribution >= 0.6 is 31.9 Å². The van der Waals surface area contributed by atoms with Gasteiger partial charge in [-0.15, -0.1) is 0 Å². The molecular weight excluding hydrogens is 498 g/mol. The Morgan fingerprint density at radius 1 is 1.17 bits per heavy atom. The molecule has 0 aliphatic rings. The van der Waals surface area contributed by atoms with Crippen molar-refractivity contribution in [3.63, 3.8) is 0 Å². The van der Waals surface area contributed by atoms with E-state index in [9.17, 15) is 0 Å². The Labute approximate surface area is 193 Å². The summed E-state index contributed by atoms with van der Waals surface area (Å²) in [4.78, 5) is 15.6. The third-order valence-corrected chi connectivity index (χ3v) is 6.89. The maximum atomic E-state index is 8.00. The van der Waals surface area contributed by atoms with Gasteiger partial charge in [0.25, 0.3) is 0 Å². The molecule has 29 heavy (non-hydrogen) atoms. The minimum atomic E-state index is 0.367. The van der Waals surface area contributed by atoms with Crippen LogP contribution in [0.3, 0.4) is 0 Å². The number of aryl methyl sites for hydroxylation is 1. The van der Waals surface area contributed by atoms with Crippen LogP contribution in [0.4, 0.5) is 5.95 Å². The van der Waals surface area contributed by atoms with E-state index in [4.69, 9.17) is 9.78 Å². The van der Waals surface area contributed by atoms with E-state index < -0.39 is 0 Å². The van der Waals surface area contributed by atoms with Crippen molar-refractivity contribution in [3.8, 4) is 0 Å². The Balaban J connectivity index is 0.00000143. The predicted octanol–water partition coefficient (Wildman–Crippen LogP) is 6.93. The van der Waals surface area contributed by atoms with Crippen LogP contribution in [0.5, 0.6) is 0 Å². The number of ether oxygens (including phenoxy) is 1. The van der Waals surface area contributed by atoms with Gasteiger partial charge in [-0.05, 0) is 83.5 Å². The summed E-state index contributed by atoms with van der Waals surface area (Å²) in [6, 6.07) is 3.09. The second kappa shape index (κ2) is 14.1. The molecule has 1 aromatic carbocycles. The summed E-state index contributed by atoms with van der Waals surface area (Å²) in [6.07, 6.45) is 3.42. The molecule has 0 atom stereocenters. The number of carbonyl (C=O) groups excluding carboxylic acids is 1. The molecule has 1 heterocycles. The Morgan fingerprint density at radius 2 is 1.69 bits per heavy atom. The molecule has 0 fully saturated rings. The van der Waals surface area contributed by atoms with Crippen LogP contribution in [0.2, 0.25) is 0 Å². The number of imidazole rings is 1. The quantitative estimate of drug-likeness (QED) is 0.386. The lowest BCUT2D eigenvalue weighted by Crippen LogP contribution is -2.37. The minimum Gasteiger partial charge on any atom is -0.388 e. The molecule has 0 bridgehead atoms. The molecule has 7 heteroatoms. The lowest BCUT2D eigenvalue weighted by Gasteiger charge is -2.32. The lowest BCUT2D eigenvalue weighted by atomic mass is 10.1. The normalized spacial score (nSPS) is 10.6. The van der Waals surface area contributed by atoms with Gasteiger partial charge in [0, 0.05) is 41.8 Å². The van der Waals surface area contributed by atoms with Crippen LogP contribution in [-0.4, -0.2) is 43.1 Å². The van der Waals surface area contributed by atoms with Gasteiger partial charge < -0.3 is 19.0 Å². The van der Waals surface area contributed by atoms with Crippen LogP contribution in [0.1, 0.15) is 65.5 Å². The minimum absolute atomic E-state index is 0.367. The third-order valence-electron chi connectivity index (χ3n) is 4.71. The molecular formula is C22H37Br2N3O2. The number of rotatable bonds is 7. The molecule has 0 unspecified atom stereocenters. The molecule has 166 valence electrons. The van der Waals surface area contributed by atoms with Crippen LogP contribution in [0, 0.1) is 6.92 Å². The zero-order valence-electron chi connectivity index (χ0n) is 19.2. The van der Waals surface area contributed by atoms with E-state index in [1.807, 2.05) is 6.79 Å². The summed E-state index contributed by atoms with van der Waals surface area (Å²) in [7, 11) is 3.25. The highest BCUT2D eigenvalue weighted by Crippen LogP contribution is 2.37. The Kier molecular flexibility index (Phi) is 13.7. The molecule has 0 aliphatic heterocycles. The summed E-state index contributed by atoms with van der Waals surface area (Å²) in [6.45, 7) is 16.5. The summed E-state index contributed by atoms with van der Waals surface area (Å²) in [5.74, 6) is 1.11. The lowest BCUT2D eigenvalue weighted by molar-refractivity contribution is -0.0979. The first kappa shape index (κ1) is 28.1. The van der Waals surface area contributed by atoms with E-state index in [-0.39, 0.29) is 0 Å². The smallest absolute Gasteiger partial charge is 0.207 e. The molecule has 0 spiro atoms. The van der Waals surface area contributed by atoms with Gasteiger partial charge in [-0.25, -0.2) is 4.98 Å². The molecule has 0 saturated heterocycles. The molecule has 0 amide bonds. The molecule has 2 rings (SSSR count). The highest BCUT2D eigenvalue weighted by Gasteiger charge is 2.24. The molecule has 2 aromatic rings. The number of anilines is 1. The molecule has 5 nitrogen and oxygen atoms in total. The van der Waals surface area contributed by atoms with Gasteiger partial charge in [-0.1, -0.05) is 20.8 Å². The van der Waals surface area contributed by atoms with E-state index >= 15 is 0 Å². The number of aromatic nitrogens is 2. The zero-order chi connectivity index (χ0) is 22.7. The SMILES string of the molecule is C=O.CCCN(c1nc2c(C)c(Br)c(Br)cc2n1C(C)C)C(CC)CC.COC. The van der Waals surface area contributed by atoms with Gasteiger partial charge in [-0.2, -0.15) is 0 Å².